The second kappa shape index (κ2) is 9.47. The first-order chi connectivity index (χ1) is 12.1. The van der Waals surface area contributed by atoms with E-state index in [-0.39, 0.29) is 0 Å². The van der Waals surface area contributed by atoms with Crippen molar-refractivity contribution in [2.75, 3.05) is 6.54 Å². The molecule has 2 aromatic rings. The van der Waals surface area contributed by atoms with Crippen molar-refractivity contribution in [1.82, 2.24) is 20.4 Å². The van der Waals surface area contributed by atoms with Crippen LogP contribution in [0.4, 0.5) is 0 Å². The number of halogens is 1. The molecule has 0 saturated heterocycles. The maximum atomic E-state index is 6.04. The van der Waals surface area contributed by atoms with Gasteiger partial charge in [0.1, 0.15) is 0 Å². The van der Waals surface area contributed by atoms with Crippen LogP contribution < -0.4 is 10.6 Å². The lowest BCUT2D eigenvalue weighted by Crippen LogP contribution is -2.37. The van der Waals surface area contributed by atoms with Crippen LogP contribution in [0.5, 0.6) is 0 Å². The van der Waals surface area contributed by atoms with E-state index in [4.69, 9.17) is 11.6 Å². The van der Waals surface area contributed by atoms with Gasteiger partial charge in [0.15, 0.2) is 5.96 Å². The van der Waals surface area contributed by atoms with Gasteiger partial charge in [-0.3, -0.25) is 4.68 Å². The molecule has 25 heavy (non-hydrogen) atoms. The molecule has 0 bridgehead atoms. The van der Waals surface area contributed by atoms with Gasteiger partial charge in [0, 0.05) is 36.4 Å². The highest BCUT2D eigenvalue weighted by molar-refractivity contribution is 6.30. The van der Waals surface area contributed by atoms with E-state index in [9.17, 15) is 0 Å². The largest absolute Gasteiger partial charge is 0.357 e. The van der Waals surface area contributed by atoms with Gasteiger partial charge < -0.3 is 10.6 Å². The predicted molar refractivity (Wildman–Crippen MR) is 105 cm³/mol. The first-order valence-corrected chi connectivity index (χ1v) is 9.27. The Labute approximate surface area is 155 Å². The normalized spacial score (nSPS) is 11.6. The van der Waals surface area contributed by atoms with Crippen LogP contribution in [0.25, 0.3) is 0 Å². The average molecular weight is 362 g/mol. The highest BCUT2D eigenvalue weighted by Gasteiger charge is 2.13. The van der Waals surface area contributed by atoms with Gasteiger partial charge in [0.05, 0.1) is 12.2 Å². The number of hydrogen-bond acceptors (Lipinski definition) is 2. The van der Waals surface area contributed by atoms with Crippen molar-refractivity contribution in [3.63, 3.8) is 0 Å². The molecular formula is C19H28ClN5. The van der Waals surface area contributed by atoms with Crippen LogP contribution in [0.1, 0.15) is 43.3 Å². The molecule has 136 valence electrons. The predicted octanol–water partition coefficient (Wildman–Crippen LogP) is 3.45. The number of nitrogens with one attached hydrogen (secondary N) is 2. The summed E-state index contributed by atoms with van der Waals surface area (Å²) in [6.45, 7) is 8.50. The molecule has 2 rings (SSSR count). The summed E-state index contributed by atoms with van der Waals surface area (Å²) in [5.74, 6) is 0.801. The first kappa shape index (κ1) is 19.3. The SMILES string of the molecule is CCNC(=NCc1cccc(Cl)c1)NCc1c(CC)nn(C)c1CC. The fourth-order valence-corrected chi connectivity index (χ4v) is 3.13. The van der Waals surface area contributed by atoms with Gasteiger partial charge in [-0.05, 0) is 37.5 Å². The van der Waals surface area contributed by atoms with E-state index in [1.807, 2.05) is 36.0 Å². The van der Waals surface area contributed by atoms with Crippen molar-refractivity contribution in [2.45, 2.75) is 46.7 Å². The van der Waals surface area contributed by atoms with Crippen LogP contribution in [-0.2, 0) is 33.0 Å². The molecule has 0 radical (unpaired) electrons. The van der Waals surface area contributed by atoms with Crippen LogP contribution in [-0.4, -0.2) is 22.3 Å². The van der Waals surface area contributed by atoms with E-state index >= 15 is 0 Å². The Hall–Kier alpha value is -2.01. The summed E-state index contributed by atoms with van der Waals surface area (Å²) in [7, 11) is 2.01. The van der Waals surface area contributed by atoms with E-state index in [0.717, 1.165) is 48.2 Å². The molecular weight excluding hydrogens is 334 g/mol. The minimum absolute atomic E-state index is 0.588. The van der Waals surface area contributed by atoms with E-state index in [1.165, 1.54) is 11.3 Å². The third kappa shape index (κ3) is 5.23. The second-order valence-electron chi connectivity index (χ2n) is 5.88. The maximum absolute atomic E-state index is 6.04. The standard InChI is InChI=1S/C19H28ClN5/c1-5-17-16(18(6-2)25(4)24-17)13-23-19(21-7-3)22-12-14-9-8-10-15(20)11-14/h8-11H,5-7,12-13H2,1-4H3,(H2,21,22,23). The molecule has 0 amide bonds. The molecule has 0 aliphatic heterocycles. The molecule has 1 aromatic carbocycles. The Kier molecular flexibility index (Phi) is 7.31. The zero-order valence-corrected chi connectivity index (χ0v) is 16.3. The monoisotopic (exact) mass is 361 g/mol. The molecule has 0 atom stereocenters. The van der Waals surface area contributed by atoms with Crippen molar-refractivity contribution in [2.24, 2.45) is 12.0 Å². The summed E-state index contributed by atoms with van der Waals surface area (Å²) in [6, 6.07) is 7.80. The summed E-state index contributed by atoms with van der Waals surface area (Å²) >= 11 is 6.04. The quantitative estimate of drug-likeness (QED) is 0.586. The second-order valence-corrected chi connectivity index (χ2v) is 6.32. The third-order valence-corrected chi connectivity index (χ3v) is 4.35. The highest BCUT2D eigenvalue weighted by Crippen LogP contribution is 2.15. The number of aliphatic imine (C=N–C) groups is 1. The number of aromatic nitrogens is 2. The lowest BCUT2D eigenvalue weighted by molar-refractivity contribution is 0.702. The summed E-state index contributed by atoms with van der Waals surface area (Å²) in [4.78, 5) is 4.67. The van der Waals surface area contributed by atoms with Gasteiger partial charge in [0.25, 0.3) is 0 Å². The Balaban J connectivity index is 2.10. The summed E-state index contributed by atoms with van der Waals surface area (Å²) < 4.78 is 1.99. The molecule has 0 fully saturated rings. The molecule has 1 aromatic heterocycles. The summed E-state index contributed by atoms with van der Waals surface area (Å²) in [5, 5.41) is 12.1. The zero-order chi connectivity index (χ0) is 18.2. The van der Waals surface area contributed by atoms with Crippen molar-refractivity contribution >= 4 is 17.6 Å². The average Bonchev–Trinajstić information content (AvgIpc) is 2.92. The van der Waals surface area contributed by atoms with Gasteiger partial charge >= 0.3 is 0 Å². The van der Waals surface area contributed by atoms with E-state index < -0.39 is 0 Å². The van der Waals surface area contributed by atoms with Crippen molar-refractivity contribution in [1.29, 1.82) is 0 Å². The van der Waals surface area contributed by atoms with Crippen molar-refractivity contribution in [3.05, 3.63) is 51.8 Å². The van der Waals surface area contributed by atoms with Crippen LogP contribution >= 0.6 is 11.6 Å². The Morgan fingerprint density at radius 1 is 1.20 bits per heavy atom. The molecule has 2 N–H and O–H groups in total. The lowest BCUT2D eigenvalue weighted by atomic mass is 10.1. The number of hydrogen-bond donors (Lipinski definition) is 2. The Morgan fingerprint density at radius 2 is 2.00 bits per heavy atom. The number of nitrogens with zero attached hydrogens (tertiary/aromatic N) is 3. The molecule has 0 aliphatic carbocycles. The number of rotatable bonds is 7. The summed E-state index contributed by atoms with van der Waals surface area (Å²) in [5.41, 5.74) is 4.79. The highest BCUT2D eigenvalue weighted by atomic mass is 35.5. The molecule has 0 unspecified atom stereocenters. The zero-order valence-electron chi connectivity index (χ0n) is 15.6. The van der Waals surface area contributed by atoms with E-state index in [2.05, 4.69) is 41.5 Å². The van der Waals surface area contributed by atoms with E-state index in [0.29, 0.717) is 6.54 Å². The third-order valence-electron chi connectivity index (χ3n) is 4.11. The minimum atomic E-state index is 0.588. The van der Waals surface area contributed by atoms with Gasteiger partial charge in [0.2, 0.25) is 0 Å². The number of benzene rings is 1. The molecule has 0 saturated carbocycles. The van der Waals surface area contributed by atoms with Crippen LogP contribution in [0, 0.1) is 0 Å². The maximum Gasteiger partial charge on any atom is 0.191 e. The molecule has 0 spiro atoms. The summed E-state index contributed by atoms with van der Waals surface area (Å²) in [6.07, 6.45) is 1.90. The number of guanidine groups is 1. The molecule has 1 heterocycles. The number of aryl methyl sites for hydroxylation is 2. The molecule has 0 aliphatic rings. The van der Waals surface area contributed by atoms with Gasteiger partial charge in [-0.1, -0.05) is 37.6 Å². The Morgan fingerprint density at radius 3 is 2.64 bits per heavy atom. The van der Waals surface area contributed by atoms with Crippen molar-refractivity contribution in [3.8, 4) is 0 Å². The fraction of sp³-hybridized carbons (Fsp3) is 0.474. The van der Waals surface area contributed by atoms with Crippen molar-refractivity contribution < 1.29 is 0 Å². The smallest absolute Gasteiger partial charge is 0.191 e. The minimum Gasteiger partial charge on any atom is -0.357 e. The van der Waals surface area contributed by atoms with E-state index in [1.54, 1.807) is 0 Å². The first-order valence-electron chi connectivity index (χ1n) is 8.89. The topological polar surface area (TPSA) is 54.2 Å². The molecule has 5 nitrogen and oxygen atoms in total. The molecule has 6 heteroatoms. The van der Waals surface area contributed by atoms with Crippen LogP contribution in [0.3, 0.4) is 0 Å². The fourth-order valence-electron chi connectivity index (χ4n) is 2.91. The van der Waals surface area contributed by atoms with Gasteiger partial charge in [-0.25, -0.2) is 4.99 Å². The van der Waals surface area contributed by atoms with Crippen LogP contribution in [0.15, 0.2) is 29.3 Å². The van der Waals surface area contributed by atoms with Gasteiger partial charge in [-0.2, -0.15) is 5.10 Å². The van der Waals surface area contributed by atoms with Crippen LogP contribution in [0.2, 0.25) is 5.02 Å². The van der Waals surface area contributed by atoms with Gasteiger partial charge in [-0.15, -0.1) is 0 Å². The lowest BCUT2D eigenvalue weighted by Gasteiger charge is -2.12. The Bertz CT molecular complexity index is 721.